The molecule has 0 unspecified atom stereocenters. The summed E-state index contributed by atoms with van der Waals surface area (Å²) in [6.07, 6.45) is 0. The van der Waals surface area contributed by atoms with Crippen LogP contribution < -0.4 is 0 Å². The monoisotopic (exact) mass is 271 g/mol. The van der Waals surface area contributed by atoms with Crippen LogP contribution in [0.25, 0.3) is 0 Å². The van der Waals surface area contributed by atoms with Gasteiger partial charge in [-0.3, -0.25) is 4.79 Å². The quantitative estimate of drug-likeness (QED) is 0.833. The summed E-state index contributed by atoms with van der Waals surface area (Å²) in [5, 5.41) is 0. The fourth-order valence-corrected chi connectivity index (χ4v) is 2.14. The van der Waals surface area contributed by atoms with Crippen molar-refractivity contribution >= 4 is 5.91 Å². The van der Waals surface area contributed by atoms with E-state index in [-0.39, 0.29) is 18.3 Å². The van der Waals surface area contributed by atoms with Crippen LogP contribution >= 0.6 is 0 Å². The smallest absolute Gasteiger partial charge is 0.254 e. The van der Waals surface area contributed by atoms with E-state index in [1.54, 1.807) is 30.1 Å². The van der Waals surface area contributed by atoms with Crippen LogP contribution in [0, 0.1) is 19.7 Å². The number of carbonyl (C=O) groups excluding carboxylic acids is 1. The lowest BCUT2D eigenvalue weighted by Crippen LogP contribution is -2.27. The number of halogens is 1. The van der Waals surface area contributed by atoms with Crippen molar-refractivity contribution in [1.29, 1.82) is 0 Å². The Bertz CT molecular complexity index is 637. The van der Waals surface area contributed by atoms with Crippen molar-refractivity contribution in [2.45, 2.75) is 20.4 Å². The van der Waals surface area contributed by atoms with Gasteiger partial charge in [0.05, 0.1) is 0 Å². The first-order valence-corrected chi connectivity index (χ1v) is 6.56. The minimum atomic E-state index is -0.284. The van der Waals surface area contributed by atoms with E-state index < -0.39 is 0 Å². The van der Waals surface area contributed by atoms with Gasteiger partial charge in [-0.2, -0.15) is 0 Å². The molecule has 20 heavy (non-hydrogen) atoms. The fraction of sp³-hybridized carbons (Fsp3) is 0.235. The lowest BCUT2D eigenvalue weighted by Gasteiger charge is -2.19. The first-order chi connectivity index (χ1) is 9.50. The molecule has 0 aliphatic carbocycles. The summed E-state index contributed by atoms with van der Waals surface area (Å²) in [4.78, 5) is 14.0. The normalized spacial score (nSPS) is 10.4. The maximum Gasteiger partial charge on any atom is 0.254 e. The van der Waals surface area contributed by atoms with Crippen molar-refractivity contribution in [2.24, 2.45) is 0 Å². The minimum absolute atomic E-state index is 0.0885. The first-order valence-electron chi connectivity index (χ1n) is 6.56. The molecule has 2 aromatic carbocycles. The van der Waals surface area contributed by atoms with Gasteiger partial charge in [-0.05, 0) is 37.1 Å². The third-order valence-electron chi connectivity index (χ3n) is 3.55. The molecule has 2 aromatic rings. The maximum atomic E-state index is 13.6. The molecule has 0 heterocycles. The van der Waals surface area contributed by atoms with Crippen LogP contribution in [0.1, 0.15) is 27.0 Å². The Labute approximate surface area is 118 Å². The Hall–Kier alpha value is -2.16. The standard InChI is InChI=1S/C17H18FNO/c1-12-7-6-9-15(13(12)2)17(20)19(3)11-14-8-4-5-10-16(14)18/h4-10H,11H2,1-3H3. The van der Waals surface area contributed by atoms with Crippen molar-refractivity contribution < 1.29 is 9.18 Å². The second-order valence-electron chi connectivity index (χ2n) is 5.00. The summed E-state index contributed by atoms with van der Waals surface area (Å²) in [5.41, 5.74) is 3.24. The molecule has 0 aliphatic heterocycles. The third-order valence-corrected chi connectivity index (χ3v) is 3.55. The predicted molar refractivity (Wildman–Crippen MR) is 78.1 cm³/mol. The van der Waals surface area contributed by atoms with Crippen LogP contribution in [0.3, 0.4) is 0 Å². The molecule has 0 atom stereocenters. The first kappa shape index (κ1) is 14.3. The van der Waals surface area contributed by atoms with Gasteiger partial charge in [0.25, 0.3) is 5.91 Å². The number of amides is 1. The predicted octanol–water partition coefficient (Wildman–Crippen LogP) is 3.71. The van der Waals surface area contributed by atoms with Gasteiger partial charge in [0.1, 0.15) is 5.82 Å². The van der Waals surface area contributed by atoms with Crippen molar-refractivity contribution in [1.82, 2.24) is 4.90 Å². The highest BCUT2D eigenvalue weighted by atomic mass is 19.1. The molecule has 1 amide bonds. The molecule has 0 saturated carbocycles. The van der Waals surface area contributed by atoms with E-state index in [1.807, 2.05) is 32.0 Å². The van der Waals surface area contributed by atoms with Crippen LogP contribution in [-0.2, 0) is 6.54 Å². The van der Waals surface area contributed by atoms with Crippen molar-refractivity contribution in [3.05, 3.63) is 70.5 Å². The average molecular weight is 271 g/mol. The Morgan fingerprint density at radius 1 is 1.10 bits per heavy atom. The van der Waals surface area contributed by atoms with Gasteiger partial charge >= 0.3 is 0 Å². The SMILES string of the molecule is Cc1cccc(C(=O)N(C)Cc2ccccc2F)c1C. The van der Waals surface area contributed by atoms with E-state index in [0.29, 0.717) is 11.1 Å². The van der Waals surface area contributed by atoms with E-state index in [9.17, 15) is 9.18 Å². The Kier molecular flexibility index (Phi) is 4.18. The number of aryl methyl sites for hydroxylation is 1. The zero-order valence-corrected chi connectivity index (χ0v) is 12.0. The van der Waals surface area contributed by atoms with Gasteiger partial charge in [0.15, 0.2) is 0 Å². The van der Waals surface area contributed by atoms with Crippen LogP contribution in [-0.4, -0.2) is 17.9 Å². The van der Waals surface area contributed by atoms with E-state index in [0.717, 1.165) is 11.1 Å². The highest BCUT2D eigenvalue weighted by Crippen LogP contribution is 2.16. The Balaban J connectivity index is 2.21. The van der Waals surface area contributed by atoms with Gasteiger partial charge in [-0.25, -0.2) is 4.39 Å². The van der Waals surface area contributed by atoms with Gasteiger partial charge in [-0.15, -0.1) is 0 Å². The molecular weight excluding hydrogens is 253 g/mol. The lowest BCUT2D eigenvalue weighted by molar-refractivity contribution is 0.0783. The summed E-state index contributed by atoms with van der Waals surface area (Å²) < 4.78 is 13.6. The molecule has 2 rings (SSSR count). The molecule has 0 fully saturated rings. The molecule has 0 N–H and O–H groups in total. The number of rotatable bonds is 3. The highest BCUT2D eigenvalue weighted by molar-refractivity contribution is 5.95. The van der Waals surface area contributed by atoms with E-state index in [2.05, 4.69) is 0 Å². The van der Waals surface area contributed by atoms with Crippen LogP contribution in [0.2, 0.25) is 0 Å². The number of nitrogens with zero attached hydrogens (tertiary/aromatic N) is 1. The number of hydrogen-bond acceptors (Lipinski definition) is 1. The minimum Gasteiger partial charge on any atom is -0.337 e. The van der Waals surface area contributed by atoms with Crippen LogP contribution in [0.15, 0.2) is 42.5 Å². The second kappa shape index (κ2) is 5.87. The Morgan fingerprint density at radius 2 is 1.80 bits per heavy atom. The Morgan fingerprint density at radius 3 is 2.50 bits per heavy atom. The molecule has 0 spiro atoms. The summed E-state index contributed by atoms with van der Waals surface area (Å²) in [6, 6.07) is 12.2. The van der Waals surface area contributed by atoms with Gasteiger partial charge < -0.3 is 4.90 Å². The van der Waals surface area contributed by atoms with Crippen molar-refractivity contribution in [2.75, 3.05) is 7.05 Å². The molecule has 2 nitrogen and oxygen atoms in total. The van der Waals surface area contributed by atoms with E-state index in [1.165, 1.54) is 6.07 Å². The largest absolute Gasteiger partial charge is 0.337 e. The molecule has 0 radical (unpaired) electrons. The van der Waals surface area contributed by atoms with Crippen LogP contribution in [0.4, 0.5) is 4.39 Å². The molecule has 0 saturated heterocycles. The highest BCUT2D eigenvalue weighted by Gasteiger charge is 2.16. The molecule has 0 bridgehead atoms. The second-order valence-corrected chi connectivity index (χ2v) is 5.00. The fourth-order valence-electron chi connectivity index (χ4n) is 2.14. The number of benzene rings is 2. The lowest BCUT2D eigenvalue weighted by atomic mass is 10.0. The van der Waals surface area contributed by atoms with Gasteiger partial charge in [-0.1, -0.05) is 30.3 Å². The zero-order chi connectivity index (χ0) is 14.7. The molecule has 3 heteroatoms. The number of carbonyl (C=O) groups is 1. The van der Waals surface area contributed by atoms with E-state index in [4.69, 9.17) is 0 Å². The molecule has 104 valence electrons. The molecule has 0 aromatic heterocycles. The summed E-state index contributed by atoms with van der Waals surface area (Å²) in [5.74, 6) is -0.373. The summed E-state index contributed by atoms with van der Waals surface area (Å²) in [7, 11) is 1.69. The van der Waals surface area contributed by atoms with E-state index >= 15 is 0 Å². The zero-order valence-electron chi connectivity index (χ0n) is 12.0. The van der Waals surface area contributed by atoms with Crippen molar-refractivity contribution in [3.63, 3.8) is 0 Å². The summed E-state index contributed by atoms with van der Waals surface area (Å²) >= 11 is 0. The van der Waals surface area contributed by atoms with Crippen molar-refractivity contribution in [3.8, 4) is 0 Å². The maximum absolute atomic E-state index is 13.6. The average Bonchev–Trinajstić information content (AvgIpc) is 2.43. The number of hydrogen-bond donors (Lipinski definition) is 0. The third kappa shape index (κ3) is 2.87. The van der Waals surface area contributed by atoms with Gasteiger partial charge in [0, 0.05) is 24.7 Å². The summed E-state index contributed by atoms with van der Waals surface area (Å²) in [6.45, 7) is 4.17. The topological polar surface area (TPSA) is 20.3 Å². The molecule has 0 aliphatic rings. The van der Waals surface area contributed by atoms with Gasteiger partial charge in [0.2, 0.25) is 0 Å². The van der Waals surface area contributed by atoms with Crippen LogP contribution in [0.5, 0.6) is 0 Å². The molecular formula is C17H18FNO.